The summed E-state index contributed by atoms with van der Waals surface area (Å²) in [5.41, 5.74) is 0. The maximum absolute atomic E-state index is 12.2. The van der Waals surface area contributed by atoms with Crippen LogP contribution in [0.1, 0.15) is 45.8 Å². The van der Waals surface area contributed by atoms with Crippen molar-refractivity contribution in [2.24, 2.45) is 5.92 Å². The van der Waals surface area contributed by atoms with E-state index >= 15 is 0 Å². The summed E-state index contributed by atoms with van der Waals surface area (Å²) in [7, 11) is -3.53. The predicted octanol–water partition coefficient (Wildman–Crippen LogP) is 2.24. The molecule has 0 amide bonds. The second-order valence-electron chi connectivity index (χ2n) is 5.99. The first-order valence-corrected chi connectivity index (χ1v) is 8.69. The van der Waals surface area contributed by atoms with Crippen molar-refractivity contribution >= 4 is 10.0 Å². The van der Waals surface area contributed by atoms with Crippen molar-refractivity contribution in [1.82, 2.24) is 10.0 Å². The van der Waals surface area contributed by atoms with Crippen molar-refractivity contribution in [2.45, 2.75) is 63.8 Å². The summed E-state index contributed by atoms with van der Waals surface area (Å²) in [6.07, 6.45) is 2.89. The number of hydrogen-bond acceptors (Lipinski definition) is 4. The fourth-order valence-electron chi connectivity index (χ4n) is 2.49. The molecule has 0 aromatic carbocycles. The third kappa shape index (κ3) is 4.07. The molecule has 0 radical (unpaired) electrons. The van der Waals surface area contributed by atoms with Crippen molar-refractivity contribution in [3.8, 4) is 0 Å². The number of furan rings is 1. The molecule has 1 aliphatic carbocycles. The van der Waals surface area contributed by atoms with Crippen molar-refractivity contribution in [3.05, 3.63) is 17.9 Å². The normalized spacial score (nSPS) is 23.6. The topological polar surface area (TPSA) is 71.3 Å². The van der Waals surface area contributed by atoms with Gasteiger partial charge >= 0.3 is 0 Å². The molecule has 1 saturated carbocycles. The van der Waals surface area contributed by atoms with Crippen LogP contribution in [0.25, 0.3) is 0 Å². The van der Waals surface area contributed by atoms with Crippen LogP contribution < -0.4 is 10.0 Å². The quantitative estimate of drug-likeness (QED) is 0.845. The molecular formula is C14H24N2O3S. The molecule has 2 N–H and O–H groups in total. The van der Waals surface area contributed by atoms with Gasteiger partial charge in [0.05, 0.1) is 6.54 Å². The molecule has 0 spiro atoms. The highest BCUT2D eigenvalue weighted by Gasteiger charge is 2.28. The minimum Gasteiger partial charge on any atom is -0.447 e. The van der Waals surface area contributed by atoms with Gasteiger partial charge in [-0.05, 0) is 37.3 Å². The van der Waals surface area contributed by atoms with Gasteiger partial charge in [0.15, 0.2) is 0 Å². The average Bonchev–Trinajstić information content (AvgIpc) is 2.95. The Morgan fingerprint density at radius 1 is 1.35 bits per heavy atom. The van der Waals surface area contributed by atoms with Gasteiger partial charge in [0.1, 0.15) is 5.76 Å². The summed E-state index contributed by atoms with van der Waals surface area (Å²) >= 11 is 0. The van der Waals surface area contributed by atoms with Gasteiger partial charge < -0.3 is 9.73 Å². The van der Waals surface area contributed by atoms with Crippen LogP contribution >= 0.6 is 0 Å². The van der Waals surface area contributed by atoms with E-state index in [2.05, 4.69) is 17.0 Å². The Labute approximate surface area is 121 Å². The van der Waals surface area contributed by atoms with Crippen LogP contribution in [0.15, 0.2) is 21.6 Å². The molecule has 1 fully saturated rings. The Kier molecular flexibility index (Phi) is 4.88. The zero-order chi connectivity index (χ0) is 14.8. The SMILES string of the molecule is CC1CCC(NS(=O)(=O)c2ccc(CNC(C)C)o2)C1. The first kappa shape index (κ1) is 15.5. The van der Waals surface area contributed by atoms with Gasteiger partial charge in [-0.1, -0.05) is 20.8 Å². The van der Waals surface area contributed by atoms with E-state index in [0.717, 1.165) is 19.3 Å². The Morgan fingerprint density at radius 2 is 2.10 bits per heavy atom. The molecule has 0 aliphatic heterocycles. The van der Waals surface area contributed by atoms with E-state index in [1.807, 2.05) is 13.8 Å². The molecule has 5 nitrogen and oxygen atoms in total. The van der Waals surface area contributed by atoms with Gasteiger partial charge in [0.25, 0.3) is 10.0 Å². The first-order chi connectivity index (χ1) is 9.37. The Hall–Kier alpha value is -0.850. The molecular weight excluding hydrogens is 276 g/mol. The lowest BCUT2D eigenvalue weighted by molar-refractivity contribution is 0.391. The predicted molar refractivity (Wildman–Crippen MR) is 77.8 cm³/mol. The van der Waals surface area contributed by atoms with Crippen molar-refractivity contribution in [3.63, 3.8) is 0 Å². The fourth-order valence-corrected chi connectivity index (χ4v) is 3.73. The van der Waals surface area contributed by atoms with Crippen LogP contribution in [-0.4, -0.2) is 20.5 Å². The highest BCUT2D eigenvalue weighted by atomic mass is 32.2. The van der Waals surface area contributed by atoms with Crippen LogP contribution in [0, 0.1) is 5.92 Å². The molecule has 1 aromatic rings. The van der Waals surface area contributed by atoms with Gasteiger partial charge in [-0.25, -0.2) is 13.1 Å². The zero-order valence-electron chi connectivity index (χ0n) is 12.3. The number of rotatable bonds is 6. The lowest BCUT2D eigenvalue weighted by Crippen LogP contribution is -2.32. The Bertz CT molecular complexity index is 536. The maximum atomic E-state index is 12.2. The largest absolute Gasteiger partial charge is 0.447 e. The summed E-state index contributed by atoms with van der Waals surface area (Å²) in [5, 5.41) is 3.21. The molecule has 0 bridgehead atoms. The molecule has 1 aromatic heterocycles. The second kappa shape index (κ2) is 6.28. The van der Waals surface area contributed by atoms with E-state index in [4.69, 9.17) is 4.42 Å². The van der Waals surface area contributed by atoms with Crippen LogP contribution in [0.3, 0.4) is 0 Å². The van der Waals surface area contributed by atoms with Crippen LogP contribution in [-0.2, 0) is 16.6 Å². The maximum Gasteiger partial charge on any atom is 0.274 e. The summed E-state index contributed by atoms with van der Waals surface area (Å²) in [4.78, 5) is 0. The molecule has 1 aliphatic rings. The van der Waals surface area contributed by atoms with Crippen LogP contribution in [0.5, 0.6) is 0 Å². The average molecular weight is 300 g/mol. The smallest absolute Gasteiger partial charge is 0.274 e. The van der Waals surface area contributed by atoms with E-state index in [9.17, 15) is 8.42 Å². The molecule has 2 rings (SSSR count). The standard InChI is InChI=1S/C14H24N2O3S/c1-10(2)15-9-13-6-7-14(19-13)20(17,18)16-12-5-4-11(3)8-12/h6-7,10-12,15-16H,4-5,8-9H2,1-3H3. The number of sulfonamides is 1. The molecule has 114 valence electrons. The van der Waals surface area contributed by atoms with Crippen LogP contribution in [0.4, 0.5) is 0 Å². The number of nitrogens with one attached hydrogen (secondary N) is 2. The van der Waals surface area contributed by atoms with Crippen LogP contribution in [0.2, 0.25) is 0 Å². The minimum absolute atomic E-state index is 0.0117. The third-order valence-electron chi connectivity index (χ3n) is 3.60. The van der Waals surface area contributed by atoms with Gasteiger partial charge in [-0.3, -0.25) is 0 Å². The zero-order valence-corrected chi connectivity index (χ0v) is 13.2. The summed E-state index contributed by atoms with van der Waals surface area (Å²) in [6, 6.07) is 3.61. The minimum atomic E-state index is -3.53. The van der Waals surface area contributed by atoms with E-state index in [0.29, 0.717) is 24.3 Å². The summed E-state index contributed by atoms with van der Waals surface area (Å²) in [5.74, 6) is 1.23. The molecule has 2 unspecified atom stereocenters. The lowest BCUT2D eigenvalue weighted by Gasteiger charge is -2.11. The Morgan fingerprint density at radius 3 is 2.70 bits per heavy atom. The highest BCUT2D eigenvalue weighted by molar-refractivity contribution is 7.89. The highest BCUT2D eigenvalue weighted by Crippen LogP contribution is 2.26. The molecule has 1 heterocycles. The Balaban J connectivity index is 1.99. The monoisotopic (exact) mass is 300 g/mol. The van der Waals surface area contributed by atoms with Gasteiger partial charge in [-0.2, -0.15) is 0 Å². The fraction of sp³-hybridized carbons (Fsp3) is 0.714. The summed E-state index contributed by atoms with van der Waals surface area (Å²) < 4.78 is 32.6. The van der Waals surface area contributed by atoms with Gasteiger partial charge in [0, 0.05) is 12.1 Å². The molecule has 20 heavy (non-hydrogen) atoms. The van der Waals surface area contributed by atoms with E-state index < -0.39 is 10.0 Å². The molecule has 2 atom stereocenters. The first-order valence-electron chi connectivity index (χ1n) is 7.21. The van der Waals surface area contributed by atoms with E-state index in [1.165, 1.54) is 6.07 Å². The van der Waals surface area contributed by atoms with Crippen molar-refractivity contribution in [1.29, 1.82) is 0 Å². The molecule has 0 saturated heterocycles. The lowest BCUT2D eigenvalue weighted by atomic mass is 10.1. The van der Waals surface area contributed by atoms with Gasteiger partial charge in [0.2, 0.25) is 5.09 Å². The van der Waals surface area contributed by atoms with Gasteiger partial charge in [-0.15, -0.1) is 0 Å². The van der Waals surface area contributed by atoms with Crippen molar-refractivity contribution in [2.75, 3.05) is 0 Å². The number of hydrogen-bond donors (Lipinski definition) is 2. The summed E-state index contributed by atoms with van der Waals surface area (Å²) in [6.45, 7) is 6.75. The van der Waals surface area contributed by atoms with Crippen molar-refractivity contribution < 1.29 is 12.8 Å². The van der Waals surface area contributed by atoms with E-state index in [1.54, 1.807) is 6.07 Å². The molecule has 6 heteroatoms. The third-order valence-corrected chi connectivity index (χ3v) is 5.00. The van der Waals surface area contributed by atoms with E-state index in [-0.39, 0.29) is 11.1 Å². The second-order valence-corrected chi connectivity index (χ2v) is 7.64.